The van der Waals surface area contributed by atoms with Crippen molar-refractivity contribution in [2.45, 2.75) is 26.9 Å². The van der Waals surface area contributed by atoms with Gasteiger partial charge in [-0.15, -0.1) is 0 Å². The number of hydrogen-bond acceptors (Lipinski definition) is 1. The Bertz CT molecular complexity index is 283. The molecule has 1 aromatic carbocycles. The quantitative estimate of drug-likeness (QED) is 0.786. The standard InChI is InChI=1S/C12H17BrO/c1-4-14-12(9(2)3)10-6-5-7-11(13)8-10/h5-9,12H,4H2,1-3H3. The summed E-state index contributed by atoms with van der Waals surface area (Å²) in [7, 11) is 0. The molecule has 0 bridgehead atoms. The third kappa shape index (κ3) is 3.10. The first kappa shape index (κ1) is 11.7. The van der Waals surface area contributed by atoms with Crippen molar-refractivity contribution in [3.63, 3.8) is 0 Å². The molecule has 0 radical (unpaired) electrons. The van der Waals surface area contributed by atoms with Crippen LogP contribution >= 0.6 is 15.9 Å². The van der Waals surface area contributed by atoms with E-state index in [0.717, 1.165) is 11.1 Å². The molecule has 0 N–H and O–H groups in total. The molecule has 0 saturated heterocycles. The Morgan fingerprint density at radius 2 is 2.07 bits per heavy atom. The first-order chi connectivity index (χ1) is 6.65. The largest absolute Gasteiger partial charge is 0.374 e. The highest BCUT2D eigenvalue weighted by Crippen LogP contribution is 2.27. The molecule has 0 aliphatic rings. The van der Waals surface area contributed by atoms with E-state index in [1.54, 1.807) is 0 Å². The first-order valence-electron chi connectivity index (χ1n) is 5.02. The third-order valence-corrected chi connectivity index (χ3v) is 2.62. The Labute approximate surface area is 94.6 Å². The van der Waals surface area contributed by atoms with Crippen molar-refractivity contribution in [2.75, 3.05) is 6.61 Å². The van der Waals surface area contributed by atoms with E-state index in [9.17, 15) is 0 Å². The first-order valence-corrected chi connectivity index (χ1v) is 5.81. The van der Waals surface area contributed by atoms with Crippen molar-refractivity contribution in [3.8, 4) is 0 Å². The maximum Gasteiger partial charge on any atom is 0.0848 e. The molecular weight excluding hydrogens is 240 g/mol. The van der Waals surface area contributed by atoms with Crippen LogP contribution in [0.15, 0.2) is 28.7 Å². The summed E-state index contributed by atoms with van der Waals surface area (Å²) in [6.07, 6.45) is 0.206. The van der Waals surface area contributed by atoms with Gasteiger partial charge in [-0.05, 0) is 30.5 Å². The van der Waals surface area contributed by atoms with Crippen LogP contribution in [0.3, 0.4) is 0 Å². The number of halogens is 1. The van der Waals surface area contributed by atoms with Gasteiger partial charge in [0.15, 0.2) is 0 Å². The minimum Gasteiger partial charge on any atom is -0.374 e. The fraction of sp³-hybridized carbons (Fsp3) is 0.500. The van der Waals surface area contributed by atoms with Crippen molar-refractivity contribution in [2.24, 2.45) is 5.92 Å². The van der Waals surface area contributed by atoms with Gasteiger partial charge in [0.05, 0.1) is 6.10 Å². The van der Waals surface area contributed by atoms with Gasteiger partial charge in [0, 0.05) is 11.1 Å². The zero-order chi connectivity index (χ0) is 10.6. The Hall–Kier alpha value is -0.340. The lowest BCUT2D eigenvalue weighted by molar-refractivity contribution is 0.0294. The van der Waals surface area contributed by atoms with Crippen molar-refractivity contribution in [1.29, 1.82) is 0 Å². The highest BCUT2D eigenvalue weighted by molar-refractivity contribution is 9.10. The van der Waals surface area contributed by atoms with Gasteiger partial charge in [0.2, 0.25) is 0 Å². The average Bonchev–Trinajstić information content (AvgIpc) is 2.13. The molecule has 0 fully saturated rings. The molecule has 2 heteroatoms. The van der Waals surface area contributed by atoms with E-state index >= 15 is 0 Å². The molecule has 0 amide bonds. The lowest BCUT2D eigenvalue weighted by atomic mass is 9.99. The number of hydrogen-bond donors (Lipinski definition) is 0. The van der Waals surface area contributed by atoms with Gasteiger partial charge in [0.1, 0.15) is 0 Å². The Kier molecular flexibility index (Phi) is 4.63. The summed E-state index contributed by atoms with van der Waals surface area (Å²) in [6.45, 7) is 7.16. The zero-order valence-electron chi connectivity index (χ0n) is 8.96. The predicted molar refractivity (Wildman–Crippen MR) is 63.3 cm³/mol. The van der Waals surface area contributed by atoms with Crippen LogP contribution in [0, 0.1) is 5.92 Å². The fourth-order valence-electron chi connectivity index (χ4n) is 1.54. The SMILES string of the molecule is CCOC(c1cccc(Br)c1)C(C)C. The average molecular weight is 257 g/mol. The summed E-state index contributed by atoms with van der Waals surface area (Å²) in [5.41, 5.74) is 1.25. The van der Waals surface area contributed by atoms with Crippen LogP contribution in [0.25, 0.3) is 0 Å². The molecule has 0 heterocycles. The normalized spacial score (nSPS) is 13.2. The van der Waals surface area contributed by atoms with Gasteiger partial charge in [-0.2, -0.15) is 0 Å². The summed E-state index contributed by atoms with van der Waals surface area (Å²) in [5.74, 6) is 0.504. The van der Waals surface area contributed by atoms with Crippen LogP contribution in [0.5, 0.6) is 0 Å². The predicted octanol–water partition coefficient (Wildman–Crippen LogP) is 4.18. The molecular formula is C12H17BrO. The van der Waals surface area contributed by atoms with Gasteiger partial charge in [-0.1, -0.05) is 41.9 Å². The number of rotatable bonds is 4. The molecule has 1 aromatic rings. The number of ether oxygens (including phenoxy) is 1. The fourth-order valence-corrected chi connectivity index (χ4v) is 1.95. The van der Waals surface area contributed by atoms with Crippen molar-refractivity contribution in [1.82, 2.24) is 0 Å². The molecule has 0 saturated carbocycles. The molecule has 0 aliphatic heterocycles. The molecule has 1 atom stereocenters. The van der Waals surface area contributed by atoms with Crippen LogP contribution in [-0.4, -0.2) is 6.61 Å². The van der Waals surface area contributed by atoms with E-state index in [1.807, 2.05) is 19.1 Å². The van der Waals surface area contributed by atoms with Gasteiger partial charge in [-0.25, -0.2) is 0 Å². The summed E-state index contributed by atoms with van der Waals surface area (Å²) in [5, 5.41) is 0. The molecule has 0 aliphatic carbocycles. The maximum atomic E-state index is 5.72. The Balaban J connectivity index is 2.87. The highest BCUT2D eigenvalue weighted by atomic mass is 79.9. The van der Waals surface area contributed by atoms with E-state index in [2.05, 4.69) is 41.9 Å². The van der Waals surface area contributed by atoms with Gasteiger partial charge in [0.25, 0.3) is 0 Å². The van der Waals surface area contributed by atoms with E-state index in [1.165, 1.54) is 5.56 Å². The minimum atomic E-state index is 0.206. The second kappa shape index (κ2) is 5.52. The second-order valence-corrected chi connectivity index (χ2v) is 4.59. The van der Waals surface area contributed by atoms with Gasteiger partial charge < -0.3 is 4.74 Å². The van der Waals surface area contributed by atoms with E-state index in [-0.39, 0.29) is 6.10 Å². The van der Waals surface area contributed by atoms with Crippen LogP contribution in [-0.2, 0) is 4.74 Å². The van der Waals surface area contributed by atoms with Crippen molar-refractivity contribution < 1.29 is 4.74 Å². The topological polar surface area (TPSA) is 9.23 Å². The van der Waals surface area contributed by atoms with Crippen molar-refractivity contribution >= 4 is 15.9 Å². The molecule has 1 nitrogen and oxygen atoms in total. The highest BCUT2D eigenvalue weighted by Gasteiger charge is 2.15. The maximum absolute atomic E-state index is 5.72. The van der Waals surface area contributed by atoms with Crippen LogP contribution in [0.4, 0.5) is 0 Å². The Morgan fingerprint density at radius 1 is 1.36 bits per heavy atom. The van der Waals surface area contributed by atoms with Crippen LogP contribution in [0.1, 0.15) is 32.4 Å². The summed E-state index contributed by atoms with van der Waals surface area (Å²) < 4.78 is 6.84. The molecule has 14 heavy (non-hydrogen) atoms. The summed E-state index contributed by atoms with van der Waals surface area (Å²) in [4.78, 5) is 0. The van der Waals surface area contributed by atoms with E-state index < -0.39 is 0 Å². The van der Waals surface area contributed by atoms with Gasteiger partial charge in [-0.3, -0.25) is 0 Å². The minimum absolute atomic E-state index is 0.206. The molecule has 78 valence electrons. The zero-order valence-corrected chi connectivity index (χ0v) is 10.5. The molecule has 1 unspecified atom stereocenters. The van der Waals surface area contributed by atoms with Crippen LogP contribution in [0.2, 0.25) is 0 Å². The van der Waals surface area contributed by atoms with Crippen molar-refractivity contribution in [3.05, 3.63) is 34.3 Å². The van der Waals surface area contributed by atoms with Crippen LogP contribution < -0.4 is 0 Å². The van der Waals surface area contributed by atoms with Gasteiger partial charge >= 0.3 is 0 Å². The lowest BCUT2D eigenvalue weighted by Gasteiger charge is -2.21. The molecule has 0 aromatic heterocycles. The van der Waals surface area contributed by atoms with E-state index in [0.29, 0.717) is 5.92 Å². The third-order valence-electron chi connectivity index (χ3n) is 2.13. The summed E-state index contributed by atoms with van der Waals surface area (Å²) >= 11 is 3.48. The molecule has 0 spiro atoms. The second-order valence-electron chi connectivity index (χ2n) is 3.67. The Morgan fingerprint density at radius 3 is 2.57 bits per heavy atom. The smallest absolute Gasteiger partial charge is 0.0848 e. The number of benzene rings is 1. The lowest BCUT2D eigenvalue weighted by Crippen LogP contribution is -2.10. The summed E-state index contributed by atoms with van der Waals surface area (Å²) in [6, 6.07) is 8.33. The van der Waals surface area contributed by atoms with E-state index in [4.69, 9.17) is 4.74 Å². The molecule has 1 rings (SSSR count). The monoisotopic (exact) mass is 256 g/mol.